The van der Waals surface area contributed by atoms with Crippen LogP contribution in [0.2, 0.25) is 0 Å². The number of hydrogen-bond donors (Lipinski definition) is 2. The van der Waals surface area contributed by atoms with Crippen molar-refractivity contribution in [3.63, 3.8) is 0 Å². The van der Waals surface area contributed by atoms with E-state index in [-0.39, 0.29) is 18.5 Å². The summed E-state index contributed by atoms with van der Waals surface area (Å²) in [5.74, 6) is 1.69. The van der Waals surface area contributed by atoms with E-state index in [2.05, 4.69) is 16.7 Å². The summed E-state index contributed by atoms with van der Waals surface area (Å²) in [4.78, 5) is 25.6. The Bertz CT molecular complexity index is 720. The van der Waals surface area contributed by atoms with E-state index < -0.39 is 6.03 Å². The van der Waals surface area contributed by atoms with E-state index in [9.17, 15) is 9.59 Å². The summed E-state index contributed by atoms with van der Waals surface area (Å²) in [6.07, 6.45) is 2.78. The number of amides is 3. The fourth-order valence-electron chi connectivity index (χ4n) is 3.07. The van der Waals surface area contributed by atoms with Crippen LogP contribution in [0.4, 0.5) is 4.79 Å². The lowest BCUT2D eigenvalue weighted by Crippen LogP contribution is -2.46. The number of ether oxygens (including phenoxy) is 3. The van der Waals surface area contributed by atoms with Gasteiger partial charge < -0.3 is 19.5 Å². The van der Waals surface area contributed by atoms with E-state index in [4.69, 9.17) is 14.2 Å². The van der Waals surface area contributed by atoms with Gasteiger partial charge >= 0.3 is 6.03 Å². The minimum absolute atomic E-state index is 0.0252. The number of hydrogen-bond acceptors (Lipinski definition) is 6. The van der Waals surface area contributed by atoms with Crippen molar-refractivity contribution < 1.29 is 23.8 Å². The number of benzene rings is 1. The molecule has 0 fully saturated rings. The maximum absolute atomic E-state index is 12.0. The molecule has 1 heterocycles. The van der Waals surface area contributed by atoms with Crippen LogP contribution in [0.25, 0.3) is 5.57 Å². The van der Waals surface area contributed by atoms with Gasteiger partial charge in [0.25, 0.3) is 0 Å². The zero-order valence-corrected chi connectivity index (χ0v) is 17.1. The van der Waals surface area contributed by atoms with Crippen molar-refractivity contribution >= 4 is 17.5 Å². The molecule has 3 amide bonds. The third kappa shape index (κ3) is 5.63. The molecule has 0 saturated carbocycles. The van der Waals surface area contributed by atoms with Crippen molar-refractivity contribution in [1.82, 2.24) is 15.5 Å². The van der Waals surface area contributed by atoms with Crippen LogP contribution < -0.4 is 24.8 Å². The quantitative estimate of drug-likeness (QED) is 0.739. The standard InChI is InChI=1S/C20H29N3O5/c1-13(2)21-20(25)22-18(24)12-23-8-6-14(7-9-23)19-16(27-4)10-15(26-3)11-17(19)28-5/h6,10-11,13H,7-9,12H2,1-5H3,(H2,21,22,24,25). The first-order valence-corrected chi connectivity index (χ1v) is 9.20. The van der Waals surface area contributed by atoms with Gasteiger partial charge in [0.05, 0.1) is 33.4 Å². The molecule has 0 unspecified atom stereocenters. The highest BCUT2D eigenvalue weighted by molar-refractivity contribution is 5.95. The first-order chi connectivity index (χ1) is 13.4. The zero-order valence-electron chi connectivity index (χ0n) is 17.1. The van der Waals surface area contributed by atoms with Gasteiger partial charge in [0.1, 0.15) is 17.2 Å². The SMILES string of the molecule is COc1cc(OC)c(C2=CCN(CC(=O)NC(=O)NC(C)C)CC2)c(OC)c1. The Morgan fingerprint density at radius 1 is 1.11 bits per heavy atom. The highest BCUT2D eigenvalue weighted by Gasteiger charge is 2.22. The maximum atomic E-state index is 12.0. The van der Waals surface area contributed by atoms with Gasteiger partial charge in [0, 0.05) is 31.3 Å². The molecule has 0 radical (unpaired) electrons. The Labute approximate surface area is 165 Å². The first-order valence-electron chi connectivity index (χ1n) is 9.20. The largest absolute Gasteiger partial charge is 0.496 e. The normalized spacial score (nSPS) is 14.3. The third-order valence-corrected chi connectivity index (χ3v) is 4.37. The van der Waals surface area contributed by atoms with Gasteiger partial charge in [0.2, 0.25) is 5.91 Å². The molecule has 0 aromatic heterocycles. The molecule has 0 spiro atoms. The molecule has 1 aromatic rings. The van der Waals surface area contributed by atoms with Gasteiger partial charge in [-0.25, -0.2) is 4.79 Å². The fourth-order valence-corrected chi connectivity index (χ4v) is 3.07. The second-order valence-electron chi connectivity index (χ2n) is 6.80. The lowest BCUT2D eigenvalue weighted by atomic mass is 9.97. The minimum atomic E-state index is -0.471. The van der Waals surface area contributed by atoms with E-state index in [0.717, 1.165) is 17.6 Å². The summed E-state index contributed by atoms with van der Waals surface area (Å²) in [6, 6.07) is 3.15. The van der Waals surface area contributed by atoms with Crippen LogP contribution in [0.1, 0.15) is 25.8 Å². The molecule has 8 nitrogen and oxygen atoms in total. The number of imide groups is 1. The van der Waals surface area contributed by atoms with Gasteiger partial charge in [-0.2, -0.15) is 0 Å². The summed E-state index contributed by atoms with van der Waals surface area (Å²) in [6.45, 7) is 5.11. The van der Waals surface area contributed by atoms with Gasteiger partial charge in [-0.05, 0) is 25.8 Å². The second kappa shape index (κ2) is 9.98. The molecule has 2 N–H and O–H groups in total. The third-order valence-electron chi connectivity index (χ3n) is 4.37. The highest BCUT2D eigenvalue weighted by Crippen LogP contribution is 2.40. The number of rotatable bonds is 7. The smallest absolute Gasteiger partial charge is 0.321 e. The number of nitrogens with one attached hydrogen (secondary N) is 2. The Hall–Kier alpha value is -2.74. The van der Waals surface area contributed by atoms with Crippen LogP contribution in [0, 0.1) is 0 Å². The Balaban J connectivity index is 2.06. The van der Waals surface area contributed by atoms with E-state index in [1.54, 1.807) is 21.3 Å². The zero-order chi connectivity index (χ0) is 20.7. The van der Waals surface area contributed by atoms with Crippen molar-refractivity contribution in [2.24, 2.45) is 0 Å². The summed E-state index contributed by atoms with van der Waals surface area (Å²) >= 11 is 0. The molecule has 1 aliphatic heterocycles. The van der Waals surface area contributed by atoms with Crippen LogP contribution in [-0.4, -0.2) is 63.8 Å². The molecule has 2 rings (SSSR count). The Morgan fingerprint density at radius 2 is 1.75 bits per heavy atom. The number of carbonyl (C=O) groups excluding carboxylic acids is 2. The maximum Gasteiger partial charge on any atom is 0.321 e. The molecule has 1 aliphatic rings. The van der Waals surface area contributed by atoms with E-state index >= 15 is 0 Å². The minimum Gasteiger partial charge on any atom is -0.496 e. The topological polar surface area (TPSA) is 89.1 Å². The van der Waals surface area contributed by atoms with Gasteiger partial charge in [-0.1, -0.05) is 6.08 Å². The number of carbonyl (C=O) groups is 2. The summed E-state index contributed by atoms with van der Waals surface area (Å²) in [5, 5.41) is 4.98. The molecule has 1 aromatic carbocycles. The number of nitrogens with zero attached hydrogens (tertiary/aromatic N) is 1. The van der Waals surface area contributed by atoms with Crippen LogP contribution >= 0.6 is 0 Å². The predicted molar refractivity (Wildman–Crippen MR) is 107 cm³/mol. The van der Waals surface area contributed by atoms with Gasteiger partial charge in [-0.3, -0.25) is 15.0 Å². The van der Waals surface area contributed by atoms with Crippen LogP contribution in [-0.2, 0) is 4.79 Å². The van der Waals surface area contributed by atoms with Crippen molar-refractivity contribution in [2.75, 3.05) is 41.0 Å². The van der Waals surface area contributed by atoms with E-state index in [0.29, 0.717) is 30.3 Å². The van der Waals surface area contributed by atoms with Crippen molar-refractivity contribution in [1.29, 1.82) is 0 Å². The van der Waals surface area contributed by atoms with Crippen LogP contribution in [0.5, 0.6) is 17.2 Å². The summed E-state index contributed by atoms with van der Waals surface area (Å²) in [5.41, 5.74) is 1.98. The lowest BCUT2D eigenvalue weighted by Gasteiger charge is -2.27. The molecule has 8 heteroatoms. The lowest BCUT2D eigenvalue weighted by molar-refractivity contribution is -0.121. The predicted octanol–water partition coefficient (Wildman–Crippen LogP) is 2.04. The fraction of sp³-hybridized carbons (Fsp3) is 0.500. The average molecular weight is 391 g/mol. The van der Waals surface area contributed by atoms with Gasteiger partial charge in [-0.15, -0.1) is 0 Å². The highest BCUT2D eigenvalue weighted by atomic mass is 16.5. The first kappa shape index (κ1) is 21.6. The molecule has 0 bridgehead atoms. The van der Waals surface area contributed by atoms with Crippen molar-refractivity contribution in [2.45, 2.75) is 26.3 Å². The Morgan fingerprint density at radius 3 is 2.21 bits per heavy atom. The molecular weight excluding hydrogens is 362 g/mol. The van der Waals surface area contributed by atoms with Crippen LogP contribution in [0.15, 0.2) is 18.2 Å². The van der Waals surface area contributed by atoms with E-state index in [1.165, 1.54) is 0 Å². The van der Waals surface area contributed by atoms with Crippen LogP contribution in [0.3, 0.4) is 0 Å². The molecule has 0 saturated heterocycles. The monoisotopic (exact) mass is 391 g/mol. The molecule has 0 aliphatic carbocycles. The molecular formula is C20H29N3O5. The van der Waals surface area contributed by atoms with E-state index in [1.807, 2.05) is 30.9 Å². The summed E-state index contributed by atoms with van der Waals surface area (Å²) in [7, 11) is 4.82. The van der Waals surface area contributed by atoms with Crippen molar-refractivity contribution in [3.8, 4) is 17.2 Å². The second-order valence-corrected chi connectivity index (χ2v) is 6.80. The molecule has 28 heavy (non-hydrogen) atoms. The average Bonchev–Trinajstić information content (AvgIpc) is 2.66. The summed E-state index contributed by atoms with van der Waals surface area (Å²) < 4.78 is 16.3. The number of urea groups is 1. The molecule has 154 valence electrons. The van der Waals surface area contributed by atoms with Crippen molar-refractivity contribution in [3.05, 3.63) is 23.8 Å². The molecule has 0 atom stereocenters. The van der Waals surface area contributed by atoms with Gasteiger partial charge in [0.15, 0.2) is 0 Å². The number of methoxy groups -OCH3 is 3. The Kier molecular flexibility index (Phi) is 7.69.